The third-order valence-electron chi connectivity index (χ3n) is 2.22. The van der Waals surface area contributed by atoms with Crippen molar-refractivity contribution >= 4 is 5.97 Å². The Morgan fingerprint density at radius 2 is 2.15 bits per heavy atom. The molecule has 0 unspecified atom stereocenters. The van der Waals surface area contributed by atoms with Gasteiger partial charge in [-0.05, 0) is 30.5 Å². The van der Waals surface area contributed by atoms with Gasteiger partial charge in [0.05, 0.1) is 6.42 Å². The average molecular weight is 178 g/mol. The molecule has 0 bridgehead atoms. The van der Waals surface area contributed by atoms with Gasteiger partial charge in [-0.25, -0.2) is 0 Å². The third kappa shape index (κ3) is 1.37. The predicted octanol–water partition coefficient (Wildman–Crippen LogP) is 1.55. The molecule has 13 heavy (non-hydrogen) atoms. The van der Waals surface area contributed by atoms with E-state index >= 15 is 0 Å². The van der Waals surface area contributed by atoms with Gasteiger partial charge in [0.25, 0.3) is 0 Å². The number of carbonyl (C=O) groups is 1. The molecule has 0 amide bonds. The maximum absolute atomic E-state index is 10.9. The smallest absolute Gasteiger partial charge is 0.311 e. The fraction of sp³-hybridized carbons (Fsp3) is 0.300. The fourth-order valence-electron chi connectivity index (χ4n) is 1.58. The normalized spacial score (nSPS) is 15.0. The highest BCUT2D eigenvalue weighted by atomic mass is 16.5. The molecule has 0 saturated carbocycles. The monoisotopic (exact) mass is 178 g/mol. The summed E-state index contributed by atoms with van der Waals surface area (Å²) in [5.74, 6) is 0.428. The van der Waals surface area contributed by atoms with E-state index in [0.717, 1.165) is 11.1 Å². The van der Waals surface area contributed by atoms with Crippen LogP contribution in [0.2, 0.25) is 0 Å². The molecule has 3 heteroatoms. The van der Waals surface area contributed by atoms with E-state index in [1.165, 1.54) is 6.07 Å². The quantitative estimate of drug-likeness (QED) is 0.484. The maximum Gasteiger partial charge on any atom is 0.311 e. The molecule has 1 N–H and O–H groups in total. The number of hydrogen-bond acceptors (Lipinski definition) is 3. The summed E-state index contributed by atoms with van der Waals surface area (Å²) >= 11 is 0. The van der Waals surface area contributed by atoms with E-state index in [2.05, 4.69) is 0 Å². The average Bonchev–Trinajstić information content (AvgIpc) is 2.02. The van der Waals surface area contributed by atoms with Gasteiger partial charge < -0.3 is 9.84 Å². The van der Waals surface area contributed by atoms with E-state index in [1.54, 1.807) is 6.07 Å². The summed E-state index contributed by atoms with van der Waals surface area (Å²) in [6.07, 6.45) is 1.14. The van der Waals surface area contributed by atoms with Crippen molar-refractivity contribution in [2.45, 2.75) is 19.8 Å². The second kappa shape index (κ2) is 2.76. The zero-order chi connectivity index (χ0) is 9.42. The number of aromatic hydroxyl groups is 1. The molecule has 1 aliphatic heterocycles. The van der Waals surface area contributed by atoms with Gasteiger partial charge in [0.1, 0.15) is 11.5 Å². The second-order valence-electron chi connectivity index (χ2n) is 3.21. The number of phenols is 1. The van der Waals surface area contributed by atoms with Crippen molar-refractivity contribution in [2.24, 2.45) is 0 Å². The highest BCUT2D eigenvalue weighted by Crippen LogP contribution is 2.31. The van der Waals surface area contributed by atoms with Crippen LogP contribution >= 0.6 is 0 Å². The molecule has 2 rings (SSSR count). The molecule has 0 radical (unpaired) electrons. The van der Waals surface area contributed by atoms with E-state index in [9.17, 15) is 9.90 Å². The maximum atomic E-state index is 10.9. The molecule has 0 spiro atoms. The standard InChI is InChI=1S/C10H10O3/c1-6-4-7(11)5-9-8(6)2-3-10(12)13-9/h4-5,11H,2-3H2,1H3. The molecule has 1 aromatic rings. The second-order valence-corrected chi connectivity index (χ2v) is 3.21. The Kier molecular flexibility index (Phi) is 1.72. The lowest BCUT2D eigenvalue weighted by atomic mass is 10.0. The van der Waals surface area contributed by atoms with Crippen LogP contribution < -0.4 is 4.74 Å². The summed E-state index contributed by atoms with van der Waals surface area (Å²) < 4.78 is 4.99. The number of aryl methyl sites for hydroxylation is 1. The van der Waals surface area contributed by atoms with E-state index < -0.39 is 0 Å². The number of esters is 1. The lowest BCUT2D eigenvalue weighted by Gasteiger charge is -2.17. The van der Waals surface area contributed by atoms with Gasteiger partial charge in [-0.3, -0.25) is 4.79 Å². The summed E-state index contributed by atoms with van der Waals surface area (Å²) in [4.78, 5) is 10.9. The Bertz CT molecular complexity index is 369. The van der Waals surface area contributed by atoms with Gasteiger partial charge >= 0.3 is 5.97 Å². The van der Waals surface area contributed by atoms with Crippen molar-refractivity contribution in [1.29, 1.82) is 0 Å². The summed E-state index contributed by atoms with van der Waals surface area (Å²) in [5, 5.41) is 9.26. The van der Waals surface area contributed by atoms with Crippen molar-refractivity contribution in [1.82, 2.24) is 0 Å². The largest absolute Gasteiger partial charge is 0.508 e. The Morgan fingerprint density at radius 1 is 1.38 bits per heavy atom. The van der Waals surface area contributed by atoms with Crippen LogP contribution in [0.3, 0.4) is 0 Å². The zero-order valence-electron chi connectivity index (χ0n) is 7.33. The number of carbonyl (C=O) groups excluding carboxylic acids is 1. The molecule has 0 saturated heterocycles. The SMILES string of the molecule is Cc1cc(O)cc2c1CCC(=O)O2. The van der Waals surface area contributed by atoms with Crippen LogP contribution in [-0.4, -0.2) is 11.1 Å². The van der Waals surface area contributed by atoms with Crippen LogP contribution in [0.25, 0.3) is 0 Å². The molecule has 68 valence electrons. The van der Waals surface area contributed by atoms with Crippen LogP contribution in [0.15, 0.2) is 12.1 Å². The Balaban J connectivity index is 2.53. The minimum absolute atomic E-state index is 0.144. The molecule has 0 aromatic heterocycles. The molecular formula is C10H10O3. The lowest BCUT2D eigenvalue weighted by Crippen LogP contribution is -2.16. The van der Waals surface area contributed by atoms with E-state index in [4.69, 9.17) is 4.74 Å². The predicted molar refractivity (Wildman–Crippen MR) is 46.8 cm³/mol. The number of fused-ring (bicyclic) bond motifs is 1. The highest BCUT2D eigenvalue weighted by molar-refractivity contribution is 5.76. The molecule has 0 aliphatic carbocycles. The Hall–Kier alpha value is -1.51. The first-order valence-electron chi connectivity index (χ1n) is 4.20. The topological polar surface area (TPSA) is 46.5 Å². The van der Waals surface area contributed by atoms with E-state index in [0.29, 0.717) is 18.6 Å². The highest BCUT2D eigenvalue weighted by Gasteiger charge is 2.19. The van der Waals surface area contributed by atoms with Crippen LogP contribution in [0.4, 0.5) is 0 Å². The van der Waals surface area contributed by atoms with Gasteiger partial charge in [-0.15, -0.1) is 0 Å². The molecule has 3 nitrogen and oxygen atoms in total. The number of phenolic OH excluding ortho intramolecular Hbond substituents is 1. The van der Waals surface area contributed by atoms with Crippen LogP contribution in [0.5, 0.6) is 11.5 Å². The van der Waals surface area contributed by atoms with Gasteiger partial charge in [-0.2, -0.15) is 0 Å². The van der Waals surface area contributed by atoms with Crippen molar-refractivity contribution in [3.8, 4) is 11.5 Å². The number of benzene rings is 1. The first kappa shape index (κ1) is 8.10. The van der Waals surface area contributed by atoms with Crippen LogP contribution in [-0.2, 0) is 11.2 Å². The Morgan fingerprint density at radius 3 is 2.92 bits per heavy atom. The first-order chi connectivity index (χ1) is 6.16. The lowest BCUT2D eigenvalue weighted by molar-refractivity contribution is -0.135. The van der Waals surface area contributed by atoms with Gasteiger partial charge in [-0.1, -0.05) is 0 Å². The van der Waals surface area contributed by atoms with Crippen molar-refractivity contribution < 1.29 is 14.6 Å². The van der Waals surface area contributed by atoms with Gasteiger partial charge in [0.15, 0.2) is 0 Å². The zero-order valence-corrected chi connectivity index (χ0v) is 7.33. The molecule has 0 atom stereocenters. The number of ether oxygens (including phenoxy) is 1. The van der Waals surface area contributed by atoms with Gasteiger partial charge in [0.2, 0.25) is 0 Å². The minimum Gasteiger partial charge on any atom is -0.508 e. The molecule has 0 fully saturated rings. The van der Waals surface area contributed by atoms with Crippen LogP contribution in [0, 0.1) is 6.92 Å². The minimum atomic E-state index is -0.225. The van der Waals surface area contributed by atoms with Crippen molar-refractivity contribution in [3.05, 3.63) is 23.3 Å². The van der Waals surface area contributed by atoms with E-state index in [-0.39, 0.29) is 11.7 Å². The summed E-state index contributed by atoms with van der Waals surface area (Å²) in [6.45, 7) is 1.90. The molecule has 1 aliphatic rings. The molecule has 1 aromatic carbocycles. The summed E-state index contributed by atoms with van der Waals surface area (Å²) in [6, 6.07) is 3.16. The molecule has 1 heterocycles. The number of hydrogen-bond donors (Lipinski definition) is 1. The Labute approximate surface area is 76.0 Å². The summed E-state index contributed by atoms with van der Waals surface area (Å²) in [7, 11) is 0. The van der Waals surface area contributed by atoms with Gasteiger partial charge in [0, 0.05) is 6.07 Å². The number of rotatable bonds is 0. The summed E-state index contributed by atoms with van der Waals surface area (Å²) in [5.41, 5.74) is 2.00. The first-order valence-corrected chi connectivity index (χ1v) is 4.20. The third-order valence-corrected chi connectivity index (χ3v) is 2.22. The van der Waals surface area contributed by atoms with Crippen molar-refractivity contribution in [2.75, 3.05) is 0 Å². The van der Waals surface area contributed by atoms with Crippen molar-refractivity contribution in [3.63, 3.8) is 0 Å². The van der Waals surface area contributed by atoms with Crippen LogP contribution in [0.1, 0.15) is 17.5 Å². The molecular weight excluding hydrogens is 168 g/mol. The van der Waals surface area contributed by atoms with E-state index in [1.807, 2.05) is 6.92 Å². The fourth-order valence-corrected chi connectivity index (χ4v) is 1.58.